The first-order chi connectivity index (χ1) is 25.6. The number of aliphatic hydroxyl groups excluding tert-OH is 1. The molecule has 0 rings (SSSR count). The molecule has 52 heavy (non-hydrogen) atoms. The van der Waals surface area contributed by atoms with Crippen LogP contribution in [0.5, 0.6) is 0 Å². The highest BCUT2D eigenvalue weighted by Gasteiger charge is 2.16. The number of rotatable bonds is 40. The number of carbonyl (C=O) groups excluding carboxylic acids is 2. The molecule has 5 nitrogen and oxygen atoms in total. The van der Waals surface area contributed by atoms with Gasteiger partial charge >= 0.3 is 11.9 Å². The summed E-state index contributed by atoms with van der Waals surface area (Å²) in [6.07, 6.45) is 54.6. The predicted molar refractivity (Wildman–Crippen MR) is 224 cm³/mol. The largest absolute Gasteiger partial charge is 0.462 e. The third-order valence-corrected chi connectivity index (χ3v) is 9.60. The van der Waals surface area contributed by atoms with E-state index >= 15 is 0 Å². The summed E-state index contributed by atoms with van der Waals surface area (Å²) in [7, 11) is 0. The summed E-state index contributed by atoms with van der Waals surface area (Å²) in [6.45, 7) is 4.10. The molecule has 0 fully saturated rings. The Morgan fingerprint density at radius 1 is 0.442 bits per heavy atom. The lowest BCUT2D eigenvalue weighted by atomic mass is 10.1. The fraction of sp³-hybridized carbons (Fsp3) is 0.787. The zero-order chi connectivity index (χ0) is 37.8. The predicted octanol–water partition coefficient (Wildman–Crippen LogP) is 14.2. The fourth-order valence-corrected chi connectivity index (χ4v) is 6.20. The quantitative estimate of drug-likeness (QED) is 0.0386. The summed E-state index contributed by atoms with van der Waals surface area (Å²) in [4.78, 5) is 24.3. The van der Waals surface area contributed by atoms with Gasteiger partial charge in [-0.15, -0.1) is 0 Å². The smallest absolute Gasteiger partial charge is 0.306 e. The highest BCUT2D eigenvalue weighted by Crippen LogP contribution is 2.14. The molecule has 0 aliphatic heterocycles. The molecule has 0 heterocycles. The number of ether oxygens (including phenoxy) is 2. The SMILES string of the molecule is CCCCC/C=C\C/C=C\CCCCCCCCCC(=O)OCC(CO)OC(=O)CCCCCCCCCCC/C=C\C/C=C\CCCCCCC. The van der Waals surface area contributed by atoms with Crippen molar-refractivity contribution in [3.05, 3.63) is 48.6 Å². The van der Waals surface area contributed by atoms with Crippen molar-refractivity contribution in [1.29, 1.82) is 0 Å². The molecule has 0 aliphatic carbocycles. The lowest BCUT2D eigenvalue weighted by Gasteiger charge is -2.15. The van der Waals surface area contributed by atoms with E-state index in [1.54, 1.807) is 0 Å². The van der Waals surface area contributed by atoms with Crippen LogP contribution in [-0.2, 0) is 19.1 Å². The zero-order valence-electron chi connectivity index (χ0n) is 34.3. The first-order valence-corrected chi connectivity index (χ1v) is 22.2. The first-order valence-electron chi connectivity index (χ1n) is 22.2. The number of aliphatic hydroxyl groups is 1. The van der Waals surface area contributed by atoms with Crippen LogP contribution in [-0.4, -0.2) is 36.4 Å². The van der Waals surface area contributed by atoms with Gasteiger partial charge in [0.15, 0.2) is 6.10 Å². The number of carbonyl (C=O) groups is 2. The van der Waals surface area contributed by atoms with Crippen molar-refractivity contribution in [3.8, 4) is 0 Å². The van der Waals surface area contributed by atoms with Gasteiger partial charge in [-0.05, 0) is 77.0 Å². The molecule has 0 radical (unpaired) electrons. The minimum absolute atomic E-state index is 0.0717. The van der Waals surface area contributed by atoms with Crippen molar-refractivity contribution in [1.82, 2.24) is 0 Å². The van der Waals surface area contributed by atoms with Crippen LogP contribution in [0.15, 0.2) is 48.6 Å². The second-order valence-electron chi connectivity index (χ2n) is 14.8. The van der Waals surface area contributed by atoms with E-state index in [-0.39, 0.29) is 25.2 Å². The van der Waals surface area contributed by atoms with Crippen molar-refractivity contribution < 1.29 is 24.2 Å². The molecule has 0 amide bonds. The minimum atomic E-state index is -0.777. The maximum Gasteiger partial charge on any atom is 0.306 e. The van der Waals surface area contributed by atoms with Crippen molar-refractivity contribution in [2.75, 3.05) is 13.2 Å². The van der Waals surface area contributed by atoms with Gasteiger partial charge in [0.05, 0.1) is 6.61 Å². The summed E-state index contributed by atoms with van der Waals surface area (Å²) in [5, 5.41) is 9.59. The second kappa shape index (κ2) is 43.3. The lowest BCUT2D eigenvalue weighted by molar-refractivity contribution is -0.161. The molecule has 0 aromatic rings. The van der Waals surface area contributed by atoms with Crippen LogP contribution in [0.2, 0.25) is 0 Å². The van der Waals surface area contributed by atoms with Crippen LogP contribution < -0.4 is 0 Å². The van der Waals surface area contributed by atoms with Gasteiger partial charge in [0, 0.05) is 12.8 Å². The molecule has 0 saturated carbocycles. The Balaban J connectivity index is 3.55. The van der Waals surface area contributed by atoms with Crippen LogP contribution in [0.25, 0.3) is 0 Å². The molecule has 1 atom stereocenters. The summed E-state index contributed by atoms with van der Waals surface area (Å²) in [6, 6.07) is 0. The summed E-state index contributed by atoms with van der Waals surface area (Å²) in [5.74, 6) is -0.602. The van der Waals surface area contributed by atoms with E-state index in [4.69, 9.17) is 9.47 Å². The van der Waals surface area contributed by atoms with E-state index in [0.717, 1.165) is 57.8 Å². The van der Waals surface area contributed by atoms with E-state index in [1.807, 2.05) is 0 Å². The third-order valence-electron chi connectivity index (χ3n) is 9.60. The Morgan fingerprint density at radius 2 is 0.769 bits per heavy atom. The van der Waals surface area contributed by atoms with Crippen molar-refractivity contribution in [2.24, 2.45) is 0 Å². The minimum Gasteiger partial charge on any atom is -0.462 e. The number of allylic oxidation sites excluding steroid dienone is 8. The molecule has 0 aromatic carbocycles. The van der Waals surface area contributed by atoms with Gasteiger partial charge in [-0.3, -0.25) is 9.59 Å². The van der Waals surface area contributed by atoms with Gasteiger partial charge in [0.25, 0.3) is 0 Å². The van der Waals surface area contributed by atoms with E-state index in [0.29, 0.717) is 12.8 Å². The van der Waals surface area contributed by atoms with Crippen LogP contribution in [0, 0.1) is 0 Å². The molecule has 0 aliphatic rings. The van der Waals surface area contributed by atoms with Crippen LogP contribution in [0.1, 0.15) is 219 Å². The van der Waals surface area contributed by atoms with E-state index in [1.165, 1.54) is 135 Å². The summed E-state index contributed by atoms with van der Waals surface area (Å²) in [5.41, 5.74) is 0. The van der Waals surface area contributed by atoms with E-state index < -0.39 is 6.10 Å². The third kappa shape index (κ3) is 40.6. The average Bonchev–Trinajstić information content (AvgIpc) is 3.15. The Morgan fingerprint density at radius 3 is 1.17 bits per heavy atom. The normalized spacial score (nSPS) is 12.6. The number of esters is 2. The number of unbranched alkanes of at least 4 members (excludes halogenated alkanes) is 24. The summed E-state index contributed by atoms with van der Waals surface area (Å²) >= 11 is 0. The topological polar surface area (TPSA) is 72.8 Å². The molecule has 0 spiro atoms. The fourth-order valence-electron chi connectivity index (χ4n) is 6.20. The van der Waals surface area contributed by atoms with Gasteiger partial charge < -0.3 is 14.6 Å². The molecule has 1 unspecified atom stereocenters. The molecule has 302 valence electrons. The van der Waals surface area contributed by atoms with Crippen molar-refractivity contribution in [3.63, 3.8) is 0 Å². The Hall–Kier alpha value is -2.14. The van der Waals surface area contributed by atoms with Gasteiger partial charge in [0.1, 0.15) is 6.61 Å². The van der Waals surface area contributed by atoms with Gasteiger partial charge in [-0.2, -0.15) is 0 Å². The lowest BCUT2D eigenvalue weighted by Crippen LogP contribution is -2.28. The van der Waals surface area contributed by atoms with Gasteiger partial charge in [0.2, 0.25) is 0 Å². The molecule has 0 bridgehead atoms. The van der Waals surface area contributed by atoms with Gasteiger partial charge in [-0.25, -0.2) is 0 Å². The molecule has 0 saturated heterocycles. The molecular weight excluding hydrogens is 645 g/mol. The molecular formula is C47H84O5. The maximum atomic E-state index is 12.2. The van der Waals surface area contributed by atoms with Crippen LogP contribution in [0.4, 0.5) is 0 Å². The monoisotopic (exact) mass is 729 g/mol. The van der Waals surface area contributed by atoms with Crippen molar-refractivity contribution >= 4 is 11.9 Å². The van der Waals surface area contributed by atoms with Gasteiger partial charge in [-0.1, -0.05) is 178 Å². The van der Waals surface area contributed by atoms with Crippen LogP contribution >= 0.6 is 0 Å². The maximum absolute atomic E-state index is 12.2. The highest BCUT2D eigenvalue weighted by atomic mass is 16.6. The molecule has 0 aromatic heterocycles. The van der Waals surface area contributed by atoms with Crippen molar-refractivity contribution in [2.45, 2.75) is 225 Å². The Kier molecular flexibility index (Phi) is 41.5. The Bertz CT molecular complexity index is 873. The molecule has 5 heteroatoms. The zero-order valence-corrected chi connectivity index (χ0v) is 34.3. The second-order valence-corrected chi connectivity index (χ2v) is 14.8. The van der Waals surface area contributed by atoms with Crippen LogP contribution in [0.3, 0.4) is 0 Å². The molecule has 1 N–H and O–H groups in total. The van der Waals surface area contributed by atoms with E-state index in [9.17, 15) is 14.7 Å². The number of hydrogen-bond acceptors (Lipinski definition) is 5. The van der Waals surface area contributed by atoms with E-state index in [2.05, 4.69) is 62.5 Å². The first kappa shape index (κ1) is 49.9. The summed E-state index contributed by atoms with van der Waals surface area (Å²) < 4.78 is 10.6. The average molecular weight is 729 g/mol. The number of hydrogen-bond donors (Lipinski definition) is 1. The Labute approximate surface area is 322 Å². The standard InChI is InChI=1S/C47H84O5/c1-3-5-7-9-11-13-15-17-19-21-22-23-24-26-28-30-32-34-36-38-40-42-47(50)52-45(43-48)44-51-46(49)41-39-37-35-33-31-29-27-25-20-18-16-14-12-10-8-6-4-2/h12,14-15,17-18,20-22,45,48H,3-11,13,16,19,23-44H2,1-2H3/b14-12-,17-15-,20-18-,22-21-. The highest BCUT2D eigenvalue weighted by molar-refractivity contribution is 5.70.